The molecule has 5 nitrogen and oxygen atoms in total. The van der Waals surface area contributed by atoms with Crippen LogP contribution in [0.4, 0.5) is 0 Å². The summed E-state index contributed by atoms with van der Waals surface area (Å²) in [5, 5.41) is 15.9. The summed E-state index contributed by atoms with van der Waals surface area (Å²) in [6.07, 6.45) is 7.99. The summed E-state index contributed by atoms with van der Waals surface area (Å²) >= 11 is 0. The summed E-state index contributed by atoms with van der Waals surface area (Å²) in [5.74, 6) is -0.785. The number of carboxylic acids is 1. The third-order valence-corrected chi connectivity index (χ3v) is 6.45. The fourth-order valence-electron chi connectivity index (χ4n) is 4.08. The summed E-state index contributed by atoms with van der Waals surface area (Å²) in [6, 6.07) is 8.05. The number of carboxylic acid groups (broad SMARTS) is 1. The fourth-order valence-corrected chi connectivity index (χ4v) is 4.08. The number of carbonyl (C=O) groups is 1. The van der Waals surface area contributed by atoms with Gasteiger partial charge in [0.25, 0.3) is 0 Å². The van der Waals surface area contributed by atoms with Crippen LogP contribution in [0.2, 0.25) is 0 Å². The molecule has 2 aliphatic rings. The van der Waals surface area contributed by atoms with E-state index in [-0.39, 0.29) is 74.0 Å². The Labute approximate surface area is 222 Å². The molecule has 0 bridgehead atoms. The first kappa shape index (κ1) is 24.0. The normalized spacial score (nSPS) is 18.5. The van der Waals surface area contributed by atoms with E-state index >= 15 is 0 Å². The predicted molar refractivity (Wildman–Crippen MR) is 111 cm³/mol. The molecule has 1 heterocycles. The average molecular weight is 435 g/mol. The zero-order chi connectivity index (χ0) is 20.8. The van der Waals surface area contributed by atoms with Gasteiger partial charge in [0.1, 0.15) is 11.8 Å². The Kier molecular flexibility index (Phi) is 7.25. The van der Waals surface area contributed by atoms with E-state index in [0.717, 1.165) is 31.4 Å². The van der Waals surface area contributed by atoms with Crippen LogP contribution in [0.1, 0.15) is 94.3 Å². The van der Waals surface area contributed by atoms with Crippen molar-refractivity contribution in [3.05, 3.63) is 41.1 Å². The number of rotatable bonds is 5. The minimum Gasteiger partial charge on any atom is -0.543 e. The van der Waals surface area contributed by atoms with E-state index in [1.54, 1.807) is 4.68 Å². The van der Waals surface area contributed by atoms with Gasteiger partial charge in [-0.25, -0.2) is 4.68 Å². The molecule has 0 spiro atoms. The van der Waals surface area contributed by atoms with Gasteiger partial charge in [0.05, 0.1) is 11.7 Å². The molecule has 2 saturated carbocycles. The van der Waals surface area contributed by atoms with Gasteiger partial charge in [-0.1, -0.05) is 40.2 Å². The first-order chi connectivity index (χ1) is 13.7. The van der Waals surface area contributed by atoms with Crippen LogP contribution in [0.25, 0.3) is 5.69 Å². The van der Waals surface area contributed by atoms with Crippen LogP contribution in [0.15, 0.2) is 24.3 Å². The van der Waals surface area contributed by atoms with Crippen LogP contribution in [-0.2, 0) is 10.8 Å². The molecule has 4 rings (SSSR count). The molecule has 0 atom stereocenters. The van der Waals surface area contributed by atoms with Crippen LogP contribution in [0.3, 0.4) is 0 Å². The topological polar surface area (TPSA) is 67.2 Å². The first-order valence-electron chi connectivity index (χ1n) is 10.8. The monoisotopic (exact) mass is 434 g/mol. The number of aromatic nitrogens is 2. The van der Waals surface area contributed by atoms with Gasteiger partial charge >= 0.3 is 51.4 Å². The molecular formula is C24H31KN2O3. The van der Waals surface area contributed by atoms with E-state index in [9.17, 15) is 9.90 Å². The number of benzene rings is 1. The Morgan fingerprint density at radius 3 is 2.37 bits per heavy atom. The van der Waals surface area contributed by atoms with Gasteiger partial charge in [-0.15, -0.1) is 0 Å². The van der Waals surface area contributed by atoms with Crippen molar-refractivity contribution in [1.29, 1.82) is 0 Å². The number of ether oxygens (including phenoxy) is 1. The summed E-state index contributed by atoms with van der Waals surface area (Å²) < 4.78 is 7.90. The molecule has 1 aromatic carbocycles. The summed E-state index contributed by atoms with van der Waals surface area (Å²) in [6.45, 7) is 8.87. The van der Waals surface area contributed by atoms with E-state index in [1.165, 1.54) is 36.5 Å². The Bertz CT molecular complexity index is 896. The number of carbonyl (C=O) groups excluding carboxylic acids is 1. The Hall–Kier alpha value is -0.664. The van der Waals surface area contributed by atoms with Crippen molar-refractivity contribution >= 4 is 5.97 Å². The summed E-state index contributed by atoms with van der Waals surface area (Å²) in [4.78, 5) is 11.5. The number of aromatic carboxylic acids is 1. The SMILES string of the molecule is CC(C)(C)c1cc(-n2nc(C(=O)[O-])cc2OC2CCCCC2)cc(C2(C)CC2)c1.[K+]. The second-order valence-electron chi connectivity index (χ2n) is 10.0. The van der Waals surface area contributed by atoms with Crippen molar-refractivity contribution in [2.45, 2.75) is 89.6 Å². The third-order valence-electron chi connectivity index (χ3n) is 6.45. The standard InChI is InChI=1S/C24H32N2O3.K/c1-23(2,3)16-12-17(24(4)10-11-24)14-18(13-16)26-21(15-20(25-26)22(27)28)29-19-8-6-5-7-9-19;/h12-15,19H,5-11H2,1-4H3,(H,27,28);/q;+1/p-1. The zero-order valence-electron chi connectivity index (χ0n) is 19.0. The smallest absolute Gasteiger partial charge is 0.543 e. The predicted octanol–water partition coefficient (Wildman–Crippen LogP) is 1.30. The van der Waals surface area contributed by atoms with Crippen molar-refractivity contribution in [2.24, 2.45) is 0 Å². The van der Waals surface area contributed by atoms with Gasteiger partial charge in [-0.3, -0.25) is 0 Å². The van der Waals surface area contributed by atoms with Gasteiger partial charge in [-0.2, -0.15) is 5.10 Å². The van der Waals surface area contributed by atoms with Crippen molar-refractivity contribution < 1.29 is 66.0 Å². The molecule has 0 amide bonds. The molecule has 0 unspecified atom stereocenters. The van der Waals surface area contributed by atoms with E-state index < -0.39 is 5.97 Å². The maximum Gasteiger partial charge on any atom is 1.00 e. The largest absolute Gasteiger partial charge is 1.00 e. The van der Waals surface area contributed by atoms with Crippen LogP contribution in [-0.4, -0.2) is 21.9 Å². The van der Waals surface area contributed by atoms with Gasteiger partial charge < -0.3 is 14.6 Å². The second-order valence-corrected chi connectivity index (χ2v) is 10.0. The summed E-state index contributed by atoms with van der Waals surface area (Å²) in [7, 11) is 0. The van der Waals surface area contributed by atoms with Gasteiger partial charge in [-0.05, 0) is 72.6 Å². The van der Waals surface area contributed by atoms with E-state index in [2.05, 4.69) is 51.0 Å². The number of hydrogen-bond acceptors (Lipinski definition) is 4. The van der Waals surface area contributed by atoms with Crippen molar-refractivity contribution in [3.63, 3.8) is 0 Å². The molecule has 2 aliphatic carbocycles. The number of hydrogen-bond donors (Lipinski definition) is 0. The van der Waals surface area contributed by atoms with E-state index in [1.807, 2.05) is 0 Å². The first-order valence-corrected chi connectivity index (χ1v) is 10.8. The number of nitrogens with zero attached hydrogens (tertiary/aromatic N) is 2. The van der Waals surface area contributed by atoms with E-state index in [0.29, 0.717) is 5.88 Å². The quantitative estimate of drug-likeness (QED) is 0.666. The molecule has 0 N–H and O–H groups in total. The minimum absolute atomic E-state index is 0. The van der Waals surface area contributed by atoms with Crippen molar-refractivity contribution in [2.75, 3.05) is 0 Å². The van der Waals surface area contributed by atoms with Crippen LogP contribution in [0.5, 0.6) is 5.88 Å². The molecule has 0 radical (unpaired) electrons. The molecule has 2 aromatic rings. The zero-order valence-corrected chi connectivity index (χ0v) is 22.1. The second kappa shape index (κ2) is 9.06. The molecule has 156 valence electrons. The van der Waals surface area contributed by atoms with Gasteiger partial charge in [0.15, 0.2) is 0 Å². The van der Waals surface area contributed by atoms with Gasteiger partial charge in [0.2, 0.25) is 5.88 Å². The third kappa shape index (κ3) is 5.21. The van der Waals surface area contributed by atoms with Gasteiger partial charge in [0, 0.05) is 6.07 Å². The molecule has 0 saturated heterocycles. The van der Waals surface area contributed by atoms with Crippen molar-refractivity contribution in [3.8, 4) is 11.6 Å². The maximum atomic E-state index is 11.5. The molecule has 0 aliphatic heterocycles. The summed E-state index contributed by atoms with van der Waals surface area (Å²) in [5.41, 5.74) is 3.45. The van der Waals surface area contributed by atoms with Crippen molar-refractivity contribution in [1.82, 2.24) is 9.78 Å². The average Bonchev–Trinajstić information content (AvgIpc) is 3.28. The molecular weight excluding hydrogens is 403 g/mol. The maximum absolute atomic E-state index is 11.5. The Balaban J connectivity index is 0.00000256. The molecule has 30 heavy (non-hydrogen) atoms. The fraction of sp³-hybridized carbons (Fsp3) is 0.583. The Morgan fingerprint density at radius 2 is 1.80 bits per heavy atom. The van der Waals surface area contributed by atoms with Crippen LogP contribution >= 0.6 is 0 Å². The van der Waals surface area contributed by atoms with E-state index in [4.69, 9.17) is 4.74 Å². The molecule has 1 aromatic heterocycles. The minimum atomic E-state index is -1.28. The molecule has 2 fully saturated rings. The molecule has 6 heteroatoms. The van der Waals surface area contributed by atoms with Crippen LogP contribution in [0, 0.1) is 0 Å². The van der Waals surface area contributed by atoms with Crippen LogP contribution < -0.4 is 61.2 Å². The Morgan fingerprint density at radius 1 is 1.13 bits per heavy atom.